The molecule has 58 valence electrons. The van der Waals surface area contributed by atoms with Gasteiger partial charge >= 0.3 is 0 Å². The maximum Gasteiger partial charge on any atom is 0.0283 e. The normalized spacial score (nSPS) is 26.5. The zero-order valence-electron chi connectivity index (χ0n) is 7.22. The van der Waals surface area contributed by atoms with Crippen LogP contribution in [0.2, 0.25) is 0 Å². The molecule has 0 saturated carbocycles. The average molecular weight is 139 g/mol. The second kappa shape index (κ2) is 3.09. The highest BCUT2D eigenvalue weighted by Crippen LogP contribution is 2.20. The summed E-state index contributed by atoms with van der Waals surface area (Å²) in [7, 11) is 2.19. The second-order valence-corrected chi connectivity index (χ2v) is 3.10. The molecule has 0 spiro atoms. The minimum absolute atomic E-state index is 0.796. The molecule has 0 aromatic heterocycles. The van der Waals surface area contributed by atoms with E-state index in [0.29, 0.717) is 0 Å². The molecule has 1 atom stereocenters. The van der Waals surface area contributed by atoms with Crippen molar-refractivity contribution >= 4 is 0 Å². The van der Waals surface area contributed by atoms with E-state index in [1.54, 1.807) is 0 Å². The van der Waals surface area contributed by atoms with Gasteiger partial charge in [0.25, 0.3) is 0 Å². The molecule has 1 heterocycles. The van der Waals surface area contributed by atoms with E-state index in [0.717, 1.165) is 6.04 Å². The molecule has 0 fully saturated rings. The maximum atomic E-state index is 2.39. The third-order valence-corrected chi connectivity index (χ3v) is 2.51. The SMILES string of the molecule is CCC1CCC=C(C)N1C. The van der Waals surface area contributed by atoms with Crippen LogP contribution in [0.1, 0.15) is 33.1 Å². The standard InChI is InChI=1S/C9H17N/c1-4-9-7-5-6-8(2)10(9)3/h6,9H,4-5,7H2,1-3H3. The molecule has 0 saturated heterocycles. The number of hydrogen-bond acceptors (Lipinski definition) is 1. The van der Waals surface area contributed by atoms with Crippen molar-refractivity contribution in [2.24, 2.45) is 0 Å². The molecule has 1 aliphatic rings. The Bertz CT molecular complexity index is 138. The van der Waals surface area contributed by atoms with Crippen LogP contribution in [0, 0.1) is 0 Å². The van der Waals surface area contributed by atoms with Gasteiger partial charge in [0.2, 0.25) is 0 Å². The van der Waals surface area contributed by atoms with Crippen LogP contribution < -0.4 is 0 Å². The van der Waals surface area contributed by atoms with Gasteiger partial charge in [-0.05, 0) is 26.2 Å². The zero-order chi connectivity index (χ0) is 7.56. The van der Waals surface area contributed by atoms with E-state index >= 15 is 0 Å². The molecular weight excluding hydrogens is 122 g/mol. The van der Waals surface area contributed by atoms with Crippen LogP contribution in [0.25, 0.3) is 0 Å². The van der Waals surface area contributed by atoms with Crippen molar-refractivity contribution in [2.45, 2.75) is 39.2 Å². The van der Waals surface area contributed by atoms with Crippen molar-refractivity contribution in [3.63, 3.8) is 0 Å². The van der Waals surface area contributed by atoms with Gasteiger partial charge in [-0.2, -0.15) is 0 Å². The van der Waals surface area contributed by atoms with Gasteiger partial charge in [-0.15, -0.1) is 0 Å². The molecule has 0 aromatic rings. The van der Waals surface area contributed by atoms with E-state index in [-0.39, 0.29) is 0 Å². The first-order valence-electron chi connectivity index (χ1n) is 4.15. The Morgan fingerprint density at radius 2 is 2.40 bits per heavy atom. The van der Waals surface area contributed by atoms with Crippen LogP contribution in [-0.2, 0) is 0 Å². The average Bonchev–Trinajstić information content (AvgIpc) is 1.95. The minimum Gasteiger partial charge on any atom is -0.375 e. The number of nitrogens with zero attached hydrogens (tertiary/aromatic N) is 1. The summed E-state index contributed by atoms with van der Waals surface area (Å²) in [6, 6.07) is 0.796. The van der Waals surface area contributed by atoms with Crippen molar-refractivity contribution in [1.82, 2.24) is 4.90 Å². The molecule has 0 amide bonds. The largest absolute Gasteiger partial charge is 0.375 e. The van der Waals surface area contributed by atoms with Crippen molar-refractivity contribution in [2.75, 3.05) is 7.05 Å². The molecule has 1 nitrogen and oxygen atoms in total. The molecule has 1 aliphatic heterocycles. The van der Waals surface area contributed by atoms with Gasteiger partial charge < -0.3 is 4.90 Å². The Kier molecular flexibility index (Phi) is 2.36. The Morgan fingerprint density at radius 1 is 1.70 bits per heavy atom. The van der Waals surface area contributed by atoms with Crippen molar-refractivity contribution in [3.05, 3.63) is 11.8 Å². The second-order valence-electron chi connectivity index (χ2n) is 3.10. The topological polar surface area (TPSA) is 3.24 Å². The summed E-state index contributed by atoms with van der Waals surface area (Å²) in [5, 5.41) is 0. The van der Waals surface area contributed by atoms with Gasteiger partial charge in [-0.25, -0.2) is 0 Å². The Morgan fingerprint density at radius 3 is 2.90 bits per heavy atom. The van der Waals surface area contributed by atoms with Crippen LogP contribution in [0.3, 0.4) is 0 Å². The highest BCUT2D eigenvalue weighted by atomic mass is 15.1. The Hall–Kier alpha value is -0.460. The lowest BCUT2D eigenvalue weighted by atomic mass is 10.0. The maximum absolute atomic E-state index is 2.39. The van der Waals surface area contributed by atoms with E-state index in [1.165, 1.54) is 25.0 Å². The third kappa shape index (κ3) is 1.34. The Balaban J connectivity index is 2.59. The summed E-state index contributed by atoms with van der Waals surface area (Å²) in [5.41, 5.74) is 1.44. The van der Waals surface area contributed by atoms with Crippen LogP contribution in [0.15, 0.2) is 11.8 Å². The van der Waals surface area contributed by atoms with Crippen molar-refractivity contribution in [1.29, 1.82) is 0 Å². The predicted octanol–water partition coefficient (Wildman–Crippen LogP) is 2.39. The molecule has 0 aromatic carbocycles. The van der Waals surface area contributed by atoms with Gasteiger partial charge in [0.05, 0.1) is 0 Å². The number of rotatable bonds is 1. The Labute approximate surface area is 63.7 Å². The summed E-state index contributed by atoms with van der Waals surface area (Å²) in [6.45, 7) is 4.46. The first-order chi connectivity index (χ1) is 4.75. The molecule has 1 heteroatoms. The summed E-state index contributed by atoms with van der Waals surface area (Å²) < 4.78 is 0. The van der Waals surface area contributed by atoms with E-state index in [9.17, 15) is 0 Å². The molecule has 10 heavy (non-hydrogen) atoms. The van der Waals surface area contributed by atoms with Crippen LogP contribution >= 0.6 is 0 Å². The molecule has 0 N–H and O–H groups in total. The van der Waals surface area contributed by atoms with Gasteiger partial charge in [0.1, 0.15) is 0 Å². The highest BCUT2D eigenvalue weighted by Gasteiger charge is 2.15. The fourth-order valence-corrected chi connectivity index (χ4v) is 1.59. The van der Waals surface area contributed by atoms with Crippen LogP contribution in [-0.4, -0.2) is 18.0 Å². The highest BCUT2D eigenvalue weighted by molar-refractivity contribution is 5.02. The number of hydrogen-bond donors (Lipinski definition) is 0. The molecule has 0 aliphatic carbocycles. The summed E-state index contributed by atoms with van der Waals surface area (Å²) in [5.74, 6) is 0. The lowest BCUT2D eigenvalue weighted by Gasteiger charge is -2.33. The summed E-state index contributed by atoms with van der Waals surface area (Å²) >= 11 is 0. The first kappa shape index (κ1) is 7.64. The van der Waals surface area contributed by atoms with Gasteiger partial charge in [-0.3, -0.25) is 0 Å². The molecule has 1 rings (SSSR count). The van der Waals surface area contributed by atoms with Crippen molar-refractivity contribution in [3.8, 4) is 0 Å². The lowest BCUT2D eigenvalue weighted by molar-refractivity contribution is 0.265. The summed E-state index contributed by atoms with van der Waals surface area (Å²) in [4.78, 5) is 2.39. The lowest BCUT2D eigenvalue weighted by Crippen LogP contribution is -2.31. The fraction of sp³-hybridized carbons (Fsp3) is 0.778. The van der Waals surface area contributed by atoms with Crippen LogP contribution in [0.5, 0.6) is 0 Å². The molecule has 1 unspecified atom stereocenters. The first-order valence-corrected chi connectivity index (χ1v) is 4.15. The molecule has 0 bridgehead atoms. The van der Waals surface area contributed by atoms with Crippen LogP contribution in [0.4, 0.5) is 0 Å². The van der Waals surface area contributed by atoms with E-state index in [2.05, 4.69) is 31.9 Å². The smallest absolute Gasteiger partial charge is 0.0283 e. The van der Waals surface area contributed by atoms with Crippen molar-refractivity contribution < 1.29 is 0 Å². The van der Waals surface area contributed by atoms with Gasteiger partial charge in [0.15, 0.2) is 0 Å². The zero-order valence-corrected chi connectivity index (χ0v) is 7.22. The third-order valence-electron chi connectivity index (χ3n) is 2.51. The quantitative estimate of drug-likeness (QED) is 0.539. The van der Waals surface area contributed by atoms with Gasteiger partial charge in [-0.1, -0.05) is 13.0 Å². The minimum atomic E-state index is 0.796. The van der Waals surface area contributed by atoms with Gasteiger partial charge in [0, 0.05) is 18.8 Å². The molecular formula is C9H17N. The van der Waals surface area contributed by atoms with E-state index in [1.807, 2.05) is 0 Å². The summed E-state index contributed by atoms with van der Waals surface area (Å²) in [6.07, 6.45) is 6.22. The monoisotopic (exact) mass is 139 g/mol. The van der Waals surface area contributed by atoms with E-state index < -0.39 is 0 Å². The predicted molar refractivity (Wildman–Crippen MR) is 44.8 cm³/mol. The van der Waals surface area contributed by atoms with E-state index in [4.69, 9.17) is 0 Å². The fourth-order valence-electron chi connectivity index (χ4n) is 1.59. The molecule has 0 radical (unpaired) electrons. The number of allylic oxidation sites excluding steroid dienone is 2.